The number of hydrogen-bond acceptors (Lipinski definition) is 4. The van der Waals surface area contributed by atoms with Crippen molar-refractivity contribution in [1.29, 1.82) is 0 Å². The van der Waals surface area contributed by atoms with Gasteiger partial charge < -0.3 is 19.2 Å². The first-order chi connectivity index (χ1) is 12.6. The van der Waals surface area contributed by atoms with E-state index in [9.17, 15) is 4.79 Å². The van der Waals surface area contributed by atoms with Crippen LogP contribution < -0.4 is 10.1 Å². The third-order valence-electron chi connectivity index (χ3n) is 5.71. The van der Waals surface area contributed by atoms with Gasteiger partial charge in [-0.3, -0.25) is 4.79 Å². The smallest absolute Gasteiger partial charge is 0.287 e. The number of para-hydroxylation sites is 1. The van der Waals surface area contributed by atoms with Gasteiger partial charge in [0.15, 0.2) is 5.76 Å². The number of furan rings is 1. The molecule has 138 valence electrons. The molecule has 0 radical (unpaired) electrons. The minimum Gasteiger partial charge on any atom is -0.489 e. The van der Waals surface area contributed by atoms with Crippen LogP contribution >= 0.6 is 0 Å². The molecule has 1 aliphatic carbocycles. The van der Waals surface area contributed by atoms with Gasteiger partial charge in [-0.15, -0.1) is 0 Å². The zero-order chi connectivity index (χ0) is 18.1. The summed E-state index contributed by atoms with van der Waals surface area (Å²) in [6.45, 7) is 5.44. The molecule has 3 atom stereocenters. The molecule has 4 rings (SSSR count). The van der Waals surface area contributed by atoms with Gasteiger partial charge >= 0.3 is 0 Å². The van der Waals surface area contributed by atoms with Crippen LogP contribution in [0.1, 0.15) is 42.8 Å². The van der Waals surface area contributed by atoms with Crippen LogP contribution in [0.5, 0.6) is 5.75 Å². The molecule has 1 aromatic carbocycles. The Morgan fingerprint density at radius 3 is 2.88 bits per heavy atom. The van der Waals surface area contributed by atoms with Crippen LogP contribution in [0.15, 0.2) is 47.1 Å². The van der Waals surface area contributed by atoms with E-state index in [1.807, 2.05) is 30.3 Å². The monoisotopic (exact) mass is 355 g/mol. The van der Waals surface area contributed by atoms with Gasteiger partial charge in [-0.25, -0.2) is 0 Å². The summed E-state index contributed by atoms with van der Waals surface area (Å²) in [5.74, 6) is 1.31. The van der Waals surface area contributed by atoms with E-state index in [1.54, 1.807) is 6.07 Å². The highest BCUT2D eigenvalue weighted by molar-refractivity contribution is 5.93. The number of rotatable bonds is 5. The summed E-state index contributed by atoms with van der Waals surface area (Å²) in [5.41, 5.74) is 0.688. The van der Waals surface area contributed by atoms with Crippen LogP contribution in [0.2, 0.25) is 0 Å². The maximum absolute atomic E-state index is 12.8. The largest absolute Gasteiger partial charge is 0.489 e. The molecule has 1 aromatic heterocycles. The number of nitrogens with one attached hydrogen (secondary N) is 1. The maximum Gasteiger partial charge on any atom is 0.287 e. The van der Waals surface area contributed by atoms with Gasteiger partial charge in [0.05, 0.1) is 12.4 Å². The van der Waals surface area contributed by atoms with Gasteiger partial charge in [-0.2, -0.15) is 0 Å². The third-order valence-corrected chi connectivity index (χ3v) is 5.71. The van der Waals surface area contributed by atoms with Crippen molar-refractivity contribution in [3.63, 3.8) is 0 Å². The predicted octanol–water partition coefficient (Wildman–Crippen LogP) is 3.79. The number of fused-ring (bicyclic) bond motifs is 1. The lowest BCUT2D eigenvalue weighted by molar-refractivity contribution is -0.189. The summed E-state index contributed by atoms with van der Waals surface area (Å²) < 4.78 is 17.1. The lowest BCUT2D eigenvalue weighted by Crippen LogP contribution is -2.70. The molecule has 5 heteroatoms. The minimum absolute atomic E-state index is 0.0615. The quantitative estimate of drug-likeness (QED) is 0.886. The molecular formula is C21H25NO4. The molecule has 0 spiro atoms. The molecule has 1 saturated heterocycles. The zero-order valence-corrected chi connectivity index (χ0v) is 15.2. The fourth-order valence-corrected chi connectivity index (χ4v) is 4.35. The van der Waals surface area contributed by atoms with E-state index < -0.39 is 0 Å². The summed E-state index contributed by atoms with van der Waals surface area (Å²) >= 11 is 0. The van der Waals surface area contributed by atoms with E-state index in [2.05, 4.69) is 19.2 Å². The highest BCUT2D eigenvalue weighted by Crippen LogP contribution is 2.51. The molecule has 1 amide bonds. The zero-order valence-electron chi connectivity index (χ0n) is 15.2. The number of benzene rings is 1. The van der Waals surface area contributed by atoms with E-state index in [-0.39, 0.29) is 23.5 Å². The lowest BCUT2D eigenvalue weighted by Gasteiger charge is -2.59. The number of ether oxygens (including phenoxy) is 2. The molecule has 1 N–H and O–H groups in total. The Balaban J connectivity index is 1.42. The lowest BCUT2D eigenvalue weighted by atomic mass is 9.55. The van der Waals surface area contributed by atoms with Gasteiger partial charge in [-0.05, 0) is 31.0 Å². The number of hydrogen-bond donors (Lipinski definition) is 1. The molecule has 0 unspecified atom stereocenters. The number of carbonyl (C=O) groups excluding carboxylic acids is 1. The minimum atomic E-state index is -0.177. The molecule has 0 bridgehead atoms. The Bertz CT molecular complexity index is 767. The Kier molecular flexibility index (Phi) is 4.49. The first kappa shape index (κ1) is 17.2. The van der Waals surface area contributed by atoms with Crippen molar-refractivity contribution in [1.82, 2.24) is 5.32 Å². The van der Waals surface area contributed by atoms with E-state index in [0.29, 0.717) is 18.3 Å². The van der Waals surface area contributed by atoms with E-state index >= 15 is 0 Å². The molecular weight excluding hydrogens is 330 g/mol. The van der Waals surface area contributed by atoms with Crippen molar-refractivity contribution in [3.05, 3.63) is 54.0 Å². The van der Waals surface area contributed by atoms with Crippen LogP contribution in [0.3, 0.4) is 0 Å². The van der Waals surface area contributed by atoms with Crippen molar-refractivity contribution < 1.29 is 18.7 Å². The van der Waals surface area contributed by atoms with Crippen molar-refractivity contribution in [2.75, 3.05) is 6.61 Å². The standard InChI is InChI=1S/C21H25NO4/c1-21(2)18(16-9-6-11-25-19(16)21)22-20(23)17-14(10-12-24-17)13-26-15-7-4-3-5-8-15/h3-5,7-8,10,12,16,18-19H,6,9,11,13H2,1-2H3,(H,22,23)/t16-,18+,19+/m0/s1. The van der Waals surface area contributed by atoms with Crippen molar-refractivity contribution in [2.24, 2.45) is 11.3 Å². The molecule has 2 aliphatic rings. The topological polar surface area (TPSA) is 60.7 Å². The first-order valence-corrected chi connectivity index (χ1v) is 9.24. The van der Waals surface area contributed by atoms with Gasteiger partial charge in [0.25, 0.3) is 5.91 Å². The summed E-state index contributed by atoms with van der Waals surface area (Å²) in [6.07, 6.45) is 3.93. The van der Waals surface area contributed by atoms with Crippen LogP contribution in [0.25, 0.3) is 0 Å². The van der Waals surface area contributed by atoms with Crippen LogP contribution in [0.4, 0.5) is 0 Å². The highest BCUT2D eigenvalue weighted by atomic mass is 16.5. The normalized spacial score (nSPS) is 26.5. The molecule has 2 fully saturated rings. The van der Waals surface area contributed by atoms with E-state index in [1.165, 1.54) is 6.26 Å². The summed E-state index contributed by atoms with van der Waals surface area (Å²) in [5, 5.41) is 3.18. The second kappa shape index (κ2) is 6.80. The molecule has 5 nitrogen and oxygen atoms in total. The second-order valence-electron chi connectivity index (χ2n) is 7.75. The molecule has 26 heavy (non-hydrogen) atoms. The highest BCUT2D eigenvalue weighted by Gasteiger charge is 2.58. The summed E-state index contributed by atoms with van der Waals surface area (Å²) in [6, 6.07) is 11.4. The summed E-state index contributed by atoms with van der Waals surface area (Å²) in [7, 11) is 0. The van der Waals surface area contributed by atoms with Crippen molar-refractivity contribution in [3.8, 4) is 5.75 Å². The van der Waals surface area contributed by atoms with Crippen molar-refractivity contribution >= 4 is 5.91 Å². The fraction of sp³-hybridized carbons (Fsp3) is 0.476. The van der Waals surface area contributed by atoms with Gasteiger partial charge in [0, 0.05) is 29.5 Å². The van der Waals surface area contributed by atoms with E-state index in [4.69, 9.17) is 13.9 Å². The number of carbonyl (C=O) groups is 1. The molecule has 2 aromatic rings. The molecule has 2 heterocycles. The maximum atomic E-state index is 12.8. The summed E-state index contributed by atoms with van der Waals surface area (Å²) in [4.78, 5) is 12.8. The molecule has 1 saturated carbocycles. The second-order valence-corrected chi connectivity index (χ2v) is 7.75. The van der Waals surface area contributed by atoms with Gasteiger partial charge in [-0.1, -0.05) is 32.0 Å². The van der Waals surface area contributed by atoms with Crippen LogP contribution in [-0.2, 0) is 11.3 Å². The Labute approximate surface area is 153 Å². The van der Waals surface area contributed by atoms with Gasteiger partial charge in [0.2, 0.25) is 0 Å². The average molecular weight is 355 g/mol. The predicted molar refractivity (Wildman–Crippen MR) is 97.0 cm³/mol. The van der Waals surface area contributed by atoms with Crippen molar-refractivity contribution in [2.45, 2.75) is 45.4 Å². The molecule has 1 aliphatic heterocycles. The Hall–Kier alpha value is -2.27. The van der Waals surface area contributed by atoms with Gasteiger partial charge in [0.1, 0.15) is 12.4 Å². The average Bonchev–Trinajstić information content (AvgIpc) is 3.14. The van der Waals surface area contributed by atoms with Crippen LogP contribution in [0, 0.1) is 11.3 Å². The Morgan fingerprint density at radius 2 is 2.08 bits per heavy atom. The SMILES string of the molecule is CC1(C)[C@H](NC(=O)c2occc2COc2ccccc2)[C@@H]2CCCO[C@H]21. The first-order valence-electron chi connectivity index (χ1n) is 9.24. The van der Waals surface area contributed by atoms with E-state index in [0.717, 1.165) is 30.8 Å². The number of amides is 1. The fourth-order valence-electron chi connectivity index (χ4n) is 4.35. The van der Waals surface area contributed by atoms with Crippen LogP contribution in [-0.4, -0.2) is 24.7 Å². The third kappa shape index (κ3) is 3.01. The Morgan fingerprint density at radius 1 is 1.27 bits per heavy atom.